The molecule has 156 valence electrons. The molecule has 0 bridgehead atoms. The first kappa shape index (κ1) is 20.2. The summed E-state index contributed by atoms with van der Waals surface area (Å²) >= 11 is 0. The lowest BCUT2D eigenvalue weighted by Crippen LogP contribution is -2.14. The van der Waals surface area contributed by atoms with Crippen LogP contribution in [0.25, 0.3) is 10.9 Å². The first-order chi connectivity index (χ1) is 15.1. The van der Waals surface area contributed by atoms with Crippen LogP contribution in [0.1, 0.15) is 23.0 Å². The lowest BCUT2D eigenvalue weighted by atomic mass is 10.1. The highest BCUT2D eigenvalue weighted by Crippen LogP contribution is 2.28. The molecule has 0 saturated heterocycles. The van der Waals surface area contributed by atoms with Gasteiger partial charge in [-0.05, 0) is 61.5 Å². The van der Waals surface area contributed by atoms with Crippen molar-refractivity contribution >= 4 is 22.7 Å². The van der Waals surface area contributed by atoms with Gasteiger partial charge in [0.15, 0.2) is 6.61 Å². The van der Waals surface area contributed by atoms with E-state index in [-0.39, 0.29) is 12.4 Å². The maximum absolute atomic E-state index is 13.0. The molecule has 1 heterocycles. The summed E-state index contributed by atoms with van der Waals surface area (Å²) in [5.41, 5.74) is 1.70. The quantitative estimate of drug-likeness (QED) is 0.319. The SMILES string of the molecule is CCOC(=O)COc1cccc2[nH]c(C(=O)c3ccc(Oc4ccccc4)cc3)cc12. The van der Waals surface area contributed by atoms with E-state index in [0.717, 1.165) is 16.7 Å². The van der Waals surface area contributed by atoms with Gasteiger partial charge < -0.3 is 19.2 Å². The average molecular weight is 415 g/mol. The molecule has 0 amide bonds. The van der Waals surface area contributed by atoms with Crippen LogP contribution in [0.15, 0.2) is 78.9 Å². The van der Waals surface area contributed by atoms with Gasteiger partial charge in [-0.15, -0.1) is 0 Å². The number of rotatable bonds is 8. The molecule has 0 fully saturated rings. The molecule has 0 aliphatic rings. The summed E-state index contributed by atoms with van der Waals surface area (Å²) < 4.78 is 16.2. The van der Waals surface area contributed by atoms with Crippen LogP contribution in [0, 0.1) is 0 Å². The number of aromatic nitrogens is 1. The Morgan fingerprint density at radius 3 is 2.35 bits per heavy atom. The number of ketones is 1. The summed E-state index contributed by atoms with van der Waals surface area (Å²) in [6, 6.07) is 23.5. The van der Waals surface area contributed by atoms with Crippen molar-refractivity contribution in [3.05, 3.63) is 90.1 Å². The van der Waals surface area contributed by atoms with Crippen LogP contribution in [0.3, 0.4) is 0 Å². The Kier molecular flexibility index (Phi) is 5.98. The Balaban J connectivity index is 1.51. The lowest BCUT2D eigenvalue weighted by molar-refractivity contribution is -0.145. The second kappa shape index (κ2) is 9.17. The number of para-hydroxylation sites is 1. The molecule has 0 unspecified atom stereocenters. The number of benzene rings is 3. The lowest BCUT2D eigenvalue weighted by Gasteiger charge is -2.06. The molecule has 6 heteroatoms. The molecule has 0 aliphatic heterocycles. The van der Waals surface area contributed by atoms with Gasteiger partial charge in [-0.2, -0.15) is 0 Å². The zero-order valence-electron chi connectivity index (χ0n) is 17.0. The van der Waals surface area contributed by atoms with Gasteiger partial charge in [0.2, 0.25) is 5.78 Å². The molecule has 1 aromatic heterocycles. The standard InChI is InChI=1S/C25H21NO5/c1-2-29-24(27)16-30-23-10-6-9-21-20(23)15-22(26-21)25(28)17-11-13-19(14-12-17)31-18-7-4-3-5-8-18/h3-15,26H,2,16H2,1H3. The zero-order valence-corrected chi connectivity index (χ0v) is 17.0. The molecule has 0 radical (unpaired) electrons. The summed E-state index contributed by atoms with van der Waals surface area (Å²) in [5.74, 6) is 1.29. The predicted octanol–water partition coefficient (Wildman–Crippen LogP) is 5.13. The Hall–Kier alpha value is -4.06. The number of nitrogens with one attached hydrogen (secondary N) is 1. The third-order valence-corrected chi connectivity index (χ3v) is 4.62. The van der Waals surface area contributed by atoms with E-state index in [4.69, 9.17) is 14.2 Å². The molecule has 0 aliphatic carbocycles. The van der Waals surface area contributed by atoms with Crippen molar-refractivity contribution in [2.75, 3.05) is 13.2 Å². The number of H-pyrrole nitrogens is 1. The topological polar surface area (TPSA) is 77.6 Å². The maximum atomic E-state index is 13.0. The number of esters is 1. The molecule has 31 heavy (non-hydrogen) atoms. The minimum absolute atomic E-state index is 0.154. The van der Waals surface area contributed by atoms with Crippen LogP contribution >= 0.6 is 0 Å². The summed E-state index contributed by atoms with van der Waals surface area (Å²) in [5, 5.41) is 0.721. The fourth-order valence-corrected chi connectivity index (χ4v) is 3.17. The van der Waals surface area contributed by atoms with Gasteiger partial charge in [0.1, 0.15) is 17.2 Å². The fourth-order valence-electron chi connectivity index (χ4n) is 3.17. The van der Waals surface area contributed by atoms with Gasteiger partial charge in [-0.1, -0.05) is 24.3 Å². The second-order valence-electron chi connectivity index (χ2n) is 6.76. The van der Waals surface area contributed by atoms with Crippen LogP contribution < -0.4 is 9.47 Å². The number of aromatic amines is 1. The van der Waals surface area contributed by atoms with Gasteiger partial charge in [-0.25, -0.2) is 4.79 Å². The van der Waals surface area contributed by atoms with E-state index in [0.29, 0.717) is 29.4 Å². The second-order valence-corrected chi connectivity index (χ2v) is 6.76. The maximum Gasteiger partial charge on any atom is 0.344 e. The van der Waals surface area contributed by atoms with Crippen molar-refractivity contribution in [3.8, 4) is 17.2 Å². The molecule has 0 atom stereocenters. The third-order valence-electron chi connectivity index (χ3n) is 4.62. The highest BCUT2D eigenvalue weighted by Gasteiger charge is 2.15. The van der Waals surface area contributed by atoms with E-state index in [1.165, 1.54) is 0 Å². The normalized spacial score (nSPS) is 10.6. The van der Waals surface area contributed by atoms with Gasteiger partial charge in [-0.3, -0.25) is 4.79 Å². The Morgan fingerprint density at radius 2 is 1.61 bits per heavy atom. The number of carbonyl (C=O) groups excluding carboxylic acids is 2. The largest absolute Gasteiger partial charge is 0.481 e. The Labute approximate surface area is 179 Å². The molecule has 4 rings (SSSR count). The van der Waals surface area contributed by atoms with Crippen molar-refractivity contribution < 1.29 is 23.8 Å². The van der Waals surface area contributed by atoms with Gasteiger partial charge >= 0.3 is 5.97 Å². The van der Waals surface area contributed by atoms with Gasteiger partial charge in [0.05, 0.1) is 12.3 Å². The van der Waals surface area contributed by atoms with E-state index < -0.39 is 5.97 Å². The van der Waals surface area contributed by atoms with E-state index in [1.807, 2.05) is 36.4 Å². The summed E-state index contributed by atoms with van der Waals surface area (Å²) in [6.45, 7) is 1.84. The number of hydrogen-bond donors (Lipinski definition) is 1. The van der Waals surface area contributed by atoms with Crippen molar-refractivity contribution in [3.63, 3.8) is 0 Å². The van der Waals surface area contributed by atoms with Crippen LogP contribution in [0.4, 0.5) is 0 Å². The van der Waals surface area contributed by atoms with Gasteiger partial charge in [0.25, 0.3) is 0 Å². The minimum Gasteiger partial charge on any atom is -0.481 e. The fraction of sp³-hybridized carbons (Fsp3) is 0.120. The number of hydrogen-bond acceptors (Lipinski definition) is 5. The first-order valence-corrected chi connectivity index (χ1v) is 9.92. The van der Waals surface area contributed by atoms with E-state index >= 15 is 0 Å². The minimum atomic E-state index is -0.441. The molecule has 1 N–H and O–H groups in total. The number of ether oxygens (including phenoxy) is 3. The first-order valence-electron chi connectivity index (χ1n) is 9.92. The molecule has 0 saturated carbocycles. The van der Waals surface area contributed by atoms with Crippen LogP contribution in [-0.4, -0.2) is 30.0 Å². The summed E-state index contributed by atoms with van der Waals surface area (Å²) in [6.07, 6.45) is 0. The van der Waals surface area contributed by atoms with E-state index in [1.54, 1.807) is 49.4 Å². The van der Waals surface area contributed by atoms with Crippen molar-refractivity contribution in [2.24, 2.45) is 0 Å². The van der Waals surface area contributed by atoms with Crippen molar-refractivity contribution in [1.82, 2.24) is 4.98 Å². The smallest absolute Gasteiger partial charge is 0.344 e. The molecular weight excluding hydrogens is 394 g/mol. The van der Waals surface area contributed by atoms with E-state index in [2.05, 4.69) is 4.98 Å². The highest BCUT2D eigenvalue weighted by molar-refractivity contribution is 6.10. The van der Waals surface area contributed by atoms with Crippen LogP contribution in [0.2, 0.25) is 0 Å². The molecular formula is C25H21NO5. The van der Waals surface area contributed by atoms with Crippen LogP contribution in [0.5, 0.6) is 17.2 Å². The van der Waals surface area contributed by atoms with Crippen LogP contribution in [-0.2, 0) is 9.53 Å². The molecule has 3 aromatic carbocycles. The molecule has 4 aromatic rings. The molecule has 0 spiro atoms. The van der Waals surface area contributed by atoms with Crippen molar-refractivity contribution in [1.29, 1.82) is 0 Å². The number of carbonyl (C=O) groups is 2. The monoisotopic (exact) mass is 415 g/mol. The van der Waals surface area contributed by atoms with Gasteiger partial charge in [0, 0.05) is 16.5 Å². The van der Waals surface area contributed by atoms with Crippen molar-refractivity contribution in [2.45, 2.75) is 6.92 Å². The molecule has 6 nitrogen and oxygen atoms in total. The zero-order chi connectivity index (χ0) is 21.6. The number of fused-ring (bicyclic) bond motifs is 1. The summed E-state index contributed by atoms with van der Waals surface area (Å²) in [7, 11) is 0. The van der Waals surface area contributed by atoms with E-state index in [9.17, 15) is 9.59 Å². The predicted molar refractivity (Wildman–Crippen MR) is 117 cm³/mol. The summed E-state index contributed by atoms with van der Waals surface area (Å²) in [4.78, 5) is 27.7. The third kappa shape index (κ3) is 4.75. The Morgan fingerprint density at radius 1 is 0.871 bits per heavy atom. The highest BCUT2D eigenvalue weighted by atomic mass is 16.6. The average Bonchev–Trinajstić information content (AvgIpc) is 3.24. The Bertz CT molecular complexity index is 1200.